The second-order valence-corrected chi connectivity index (χ2v) is 6.59. The molecule has 0 aromatic carbocycles. The van der Waals surface area contributed by atoms with E-state index in [9.17, 15) is 4.79 Å². The van der Waals surface area contributed by atoms with Crippen molar-refractivity contribution in [3.05, 3.63) is 30.1 Å². The zero-order valence-electron chi connectivity index (χ0n) is 13.9. The highest BCUT2D eigenvalue weighted by Crippen LogP contribution is 2.17. The Kier molecular flexibility index (Phi) is 6.84. The Labute approximate surface area is 134 Å². The summed E-state index contributed by atoms with van der Waals surface area (Å²) in [6, 6.07) is 4.44. The molecular formula is C18H29N3O. The normalized spacial score (nSPS) is 18.1. The number of hydrogen-bond donors (Lipinski definition) is 1. The number of amides is 1. The standard InChI is InChI=1S/C18H29N3O/c1-15-8-11-21(12-9-15)16(2)13-20-18(22)7-3-5-17-6-4-10-19-14-17/h4,6,10,14-16H,3,5,7-9,11-13H2,1-2H3,(H,20,22). The first-order valence-electron chi connectivity index (χ1n) is 8.55. The van der Waals surface area contributed by atoms with Crippen LogP contribution in [0.3, 0.4) is 0 Å². The fourth-order valence-electron chi connectivity index (χ4n) is 2.95. The van der Waals surface area contributed by atoms with Gasteiger partial charge in [0.15, 0.2) is 0 Å². The molecule has 1 aliphatic rings. The number of carbonyl (C=O) groups is 1. The minimum atomic E-state index is 0.168. The molecule has 1 atom stereocenters. The lowest BCUT2D eigenvalue weighted by atomic mass is 9.98. The van der Waals surface area contributed by atoms with Crippen LogP contribution >= 0.6 is 0 Å². The summed E-state index contributed by atoms with van der Waals surface area (Å²) >= 11 is 0. The van der Waals surface area contributed by atoms with Crippen molar-refractivity contribution in [1.29, 1.82) is 0 Å². The van der Waals surface area contributed by atoms with Crippen LogP contribution in [0.15, 0.2) is 24.5 Å². The molecule has 122 valence electrons. The van der Waals surface area contributed by atoms with Crippen molar-refractivity contribution in [2.24, 2.45) is 5.92 Å². The van der Waals surface area contributed by atoms with E-state index in [0.717, 1.165) is 25.3 Å². The highest BCUT2D eigenvalue weighted by molar-refractivity contribution is 5.75. The number of aryl methyl sites for hydroxylation is 1. The predicted octanol–water partition coefficient (Wildman–Crippen LogP) is 2.64. The van der Waals surface area contributed by atoms with Gasteiger partial charge in [0, 0.05) is 31.4 Å². The maximum atomic E-state index is 11.9. The Hall–Kier alpha value is -1.42. The second-order valence-electron chi connectivity index (χ2n) is 6.59. The monoisotopic (exact) mass is 303 g/mol. The Balaban J connectivity index is 1.59. The van der Waals surface area contributed by atoms with Crippen LogP contribution in [-0.2, 0) is 11.2 Å². The van der Waals surface area contributed by atoms with Gasteiger partial charge >= 0.3 is 0 Å². The van der Waals surface area contributed by atoms with Gasteiger partial charge in [0.2, 0.25) is 5.91 Å². The summed E-state index contributed by atoms with van der Waals surface area (Å²) in [7, 11) is 0. The minimum Gasteiger partial charge on any atom is -0.355 e. The van der Waals surface area contributed by atoms with Gasteiger partial charge in [-0.1, -0.05) is 13.0 Å². The maximum absolute atomic E-state index is 11.9. The first-order chi connectivity index (χ1) is 10.6. The number of hydrogen-bond acceptors (Lipinski definition) is 3. The van der Waals surface area contributed by atoms with Gasteiger partial charge in [-0.25, -0.2) is 0 Å². The number of aromatic nitrogens is 1. The van der Waals surface area contributed by atoms with E-state index in [1.165, 1.54) is 31.5 Å². The summed E-state index contributed by atoms with van der Waals surface area (Å²) in [6.45, 7) is 7.64. The van der Waals surface area contributed by atoms with Crippen molar-refractivity contribution in [2.75, 3.05) is 19.6 Å². The van der Waals surface area contributed by atoms with Gasteiger partial charge in [-0.15, -0.1) is 0 Å². The van der Waals surface area contributed by atoms with Crippen molar-refractivity contribution < 1.29 is 4.79 Å². The smallest absolute Gasteiger partial charge is 0.220 e. The number of likely N-dealkylation sites (tertiary alicyclic amines) is 1. The van der Waals surface area contributed by atoms with Crippen molar-refractivity contribution in [2.45, 2.75) is 52.0 Å². The van der Waals surface area contributed by atoms with Crippen molar-refractivity contribution in [1.82, 2.24) is 15.2 Å². The number of piperidine rings is 1. The molecule has 1 aromatic heterocycles. The van der Waals surface area contributed by atoms with E-state index < -0.39 is 0 Å². The van der Waals surface area contributed by atoms with E-state index in [1.54, 1.807) is 6.20 Å². The molecule has 22 heavy (non-hydrogen) atoms. The van der Waals surface area contributed by atoms with Crippen molar-refractivity contribution in [3.8, 4) is 0 Å². The maximum Gasteiger partial charge on any atom is 0.220 e. The SMILES string of the molecule is CC1CCN(C(C)CNC(=O)CCCc2cccnc2)CC1. The third kappa shape index (κ3) is 5.76. The zero-order chi connectivity index (χ0) is 15.8. The average Bonchev–Trinajstić information content (AvgIpc) is 2.54. The van der Waals surface area contributed by atoms with Gasteiger partial charge in [0.05, 0.1) is 0 Å². The van der Waals surface area contributed by atoms with E-state index in [1.807, 2.05) is 12.3 Å². The lowest BCUT2D eigenvalue weighted by molar-refractivity contribution is -0.121. The summed E-state index contributed by atoms with van der Waals surface area (Å²) in [5, 5.41) is 3.08. The fourth-order valence-corrected chi connectivity index (χ4v) is 2.95. The molecule has 0 saturated carbocycles. The Bertz CT molecular complexity index is 441. The molecule has 1 saturated heterocycles. The topological polar surface area (TPSA) is 45.2 Å². The molecule has 1 fully saturated rings. The van der Waals surface area contributed by atoms with Crippen LogP contribution in [0.25, 0.3) is 0 Å². The molecule has 4 nitrogen and oxygen atoms in total. The zero-order valence-corrected chi connectivity index (χ0v) is 13.9. The molecule has 0 radical (unpaired) electrons. The second kappa shape index (κ2) is 8.89. The Morgan fingerprint density at radius 1 is 1.45 bits per heavy atom. The third-order valence-electron chi connectivity index (χ3n) is 4.63. The lowest BCUT2D eigenvalue weighted by Gasteiger charge is -2.35. The van der Waals surface area contributed by atoms with E-state index >= 15 is 0 Å². The van der Waals surface area contributed by atoms with Gasteiger partial charge in [0.1, 0.15) is 0 Å². The van der Waals surface area contributed by atoms with Crippen molar-refractivity contribution in [3.63, 3.8) is 0 Å². The van der Waals surface area contributed by atoms with E-state index in [0.29, 0.717) is 12.5 Å². The minimum absolute atomic E-state index is 0.168. The van der Waals surface area contributed by atoms with Gasteiger partial charge < -0.3 is 5.32 Å². The van der Waals surface area contributed by atoms with Crippen LogP contribution in [0.4, 0.5) is 0 Å². The first-order valence-corrected chi connectivity index (χ1v) is 8.55. The Morgan fingerprint density at radius 3 is 2.91 bits per heavy atom. The molecule has 0 bridgehead atoms. The van der Waals surface area contributed by atoms with E-state index in [2.05, 4.69) is 35.1 Å². The summed E-state index contributed by atoms with van der Waals surface area (Å²) in [4.78, 5) is 18.5. The van der Waals surface area contributed by atoms with Crippen LogP contribution in [0.1, 0.15) is 45.1 Å². The van der Waals surface area contributed by atoms with Crippen LogP contribution in [0.2, 0.25) is 0 Å². The molecule has 1 amide bonds. The van der Waals surface area contributed by atoms with Crippen LogP contribution < -0.4 is 5.32 Å². The number of rotatable bonds is 7. The Morgan fingerprint density at radius 2 is 2.23 bits per heavy atom. The fraction of sp³-hybridized carbons (Fsp3) is 0.667. The van der Waals surface area contributed by atoms with E-state index in [4.69, 9.17) is 0 Å². The highest BCUT2D eigenvalue weighted by atomic mass is 16.1. The van der Waals surface area contributed by atoms with Crippen molar-refractivity contribution >= 4 is 5.91 Å². The molecule has 1 aliphatic heterocycles. The molecular weight excluding hydrogens is 274 g/mol. The summed E-state index contributed by atoms with van der Waals surface area (Å²) in [6.07, 6.45) is 8.61. The largest absolute Gasteiger partial charge is 0.355 e. The van der Waals surface area contributed by atoms with Crippen LogP contribution in [-0.4, -0.2) is 41.5 Å². The molecule has 2 heterocycles. The molecule has 4 heteroatoms. The van der Waals surface area contributed by atoms with E-state index in [-0.39, 0.29) is 5.91 Å². The molecule has 2 rings (SSSR count). The third-order valence-corrected chi connectivity index (χ3v) is 4.63. The average molecular weight is 303 g/mol. The predicted molar refractivity (Wildman–Crippen MR) is 89.6 cm³/mol. The number of nitrogens with one attached hydrogen (secondary N) is 1. The van der Waals surface area contributed by atoms with Gasteiger partial charge in [-0.05, 0) is 63.2 Å². The molecule has 0 aliphatic carbocycles. The van der Waals surface area contributed by atoms with Gasteiger partial charge in [-0.3, -0.25) is 14.7 Å². The quantitative estimate of drug-likeness (QED) is 0.842. The summed E-state index contributed by atoms with van der Waals surface area (Å²) in [5.41, 5.74) is 1.20. The van der Waals surface area contributed by atoms with Gasteiger partial charge in [-0.2, -0.15) is 0 Å². The molecule has 0 spiro atoms. The lowest BCUT2D eigenvalue weighted by Crippen LogP contribution is -2.45. The first kappa shape index (κ1) is 16.9. The van der Waals surface area contributed by atoms with Gasteiger partial charge in [0.25, 0.3) is 0 Å². The number of nitrogens with zero attached hydrogens (tertiary/aromatic N) is 2. The molecule has 1 N–H and O–H groups in total. The highest BCUT2D eigenvalue weighted by Gasteiger charge is 2.20. The number of carbonyl (C=O) groups excluding carboxylic acids is 1. The van der Waals surface area contributed by atoms with Crippen LogP contribution in [0, 0.1) is 5.92 Å². The van der Waals surface area contributed by atoms with Crippen LogP contribution in [0.5, 0.6) is 0 Å². The summed E-state index contributed by atoms with van der Waals surface area (Å²) in [5.74, 6) is 1.02. The summed E-state index contributed by atoms with van der Waals surface area (Å²) < 4.78 is 0. The molecule has 1 aromatic rings. The molecule has 1 unspecified atom stereocenters. The number of pyridine rings is 1.